The molecule has 4 heterocycles. The van der Waals surface area contributed by atoms with Gasteiger partial charge in [0.15, 0.2) is 23.1 Å². The van der Waals surface area contributed by atoms with E-state index in [1.54, 1.807) is 56.9 Å². The third-order valence-electron chi connectivity index (χ3n) is 15.1. The Hall–Kier alpha value is -7.88. The standard InChI is InChI=1S/C32H29FN2O4.C29H23BrFNO4.C3H7N/c1-38-29-20-26-25(19-27(29)35-15-2-16-35)28(11-14-34-26)39-24-9-5-22(6-10-24)18-31(37)32(12-13-32)30(36)17-21-3-7-23(33)8-4-21;1-35-26-17-24-22(16-23(26)30)25(10-13-32-24)36-21-8-4-19(5-9-21)15-28(34)29(11-12-29)27(33)14-18-2-6-20(31)7-3-18;1-2-4-3-1/h3-11,14,19-20H,2,12-13,15-18H2,1H3;2-10,13,16-17H,11-12,14-15H2,1H3;4H,1-3H2. The molecule has 0 spiro atoms. The molecule has 79 heavy (non-hydrogen) atoms. The van der Waals surface area contributed by atoms with E-state index >= 15 is 0 Å². The summed E-state index contributed by atoms with van der Waals surface area (Å²) < 4.78 is 50.4. The minimum absolute atomic E-state index is 0.0594. The van der Waals surface area contributed by atoms with Crippen LogP contribution in [0.5, 0.6) is 34.5 Å². The van der Waals surface area contributed by atoms with Crippen molar-refractivity contribution in [2.75, 3.05) is 45.3 Å². The molecule has 2 aliphatic carbocycles. The summed E-state index contributed by atoms with van der Waals surface area (Å²) in [6.45, 7) is 4.50. The normalized spacial score (nSPS) is 15.2. The van der Waals surface area contributed by atoms with Gasteiger partial charge < -0.3 is 29.2 Å². The van der Waals surface area contributed by atoms with Gasteiger partial charge in [0.1, 0.15) is 46.1 Å². The fourth-order valence-corrected chi connectivity index (χ4v) is 10.1. The third kappa shape index (κ3) is 12.7. The van der Waals surface area contributed by atoms with Crippen LogP contribution >= 0.6 is 15.9 Å². The van der Waals surface area contributed by atoms with Gasteiger partial charge in [-0.2, -0.15) is 0 Å². The minimum atomic E-state index is -0.909. The predicted octanol–water partition coefficient (Wildman–Crippen LogP) is 12.7. The molecular formula is C64H59BrF2N4O8. The maximum absolute atomic E-state index is 13.2. The van der Waals surface area contributed by atoms with E-state index < -0.39 is 10.8 Å². The largest absolute Gasteiger partial charge is 0.495 e. The van der Waals surface area contributed by atoms with Crippen molar-refractivity contribution in [3.63, 3.8) is 0 Å². The van der Waals surface area contributed by atoms with Crippen molar-refractivity contribution in [1.82, 2.24) is 15.3 Å². The van der Waals surface area contributed by atoms with E-state index in [9.17, 15) is 28.0 Å². The number of Topliss-reactive ketones (excluding diaryl/α,β-unsaturated/α-hetero) is 4. The highest BCUT2D eigenvalue weighted by Gasteiger charge is 2.55. The maximum Gasteiger partial charge on any atom is 0.150 e. The second kappa shape index (κ2) is 24.0. The van der Waals surface area contributed by atoms with Crippen LogP contribution in [0.4, 0.5) is 14.5 Å². The van der Waals surface area contributed by atoms with Crippen LogP contribution in [0.1, 0.15) is 60.8 Å². The molecule has 2 aromatic heterocycles. The first-order valence-electron chi connectivity index (χ1n) is 26.5. The van der Waals surface area contributed by atoms with Crippen LogP contribution in [0.2, 0.25) is 0 Å². The number of hydrogen-bond donors (Lipinski definition) is 1. The highest BCUT2D eigenvalue weighted by Crippen LogP contribution is 2.50. The summed E-state index contributed by atoms with van der Waals surface area (Å²) in [5, 5.41) is 4.84. The Kier molecular flexibility index (Phi) is 16.6. The molecule has 0 amide bonds. The lowest BCUT2D eigenvalue weighted by atomic mass is 9.88. The molecule has 0 unspecified atom stereocenters. The average molecular weight is 1130 g/mol. The van der Waals surface area contributed by atoms with Crippen molar-refractivity contribution >= 4 is 66.6 Å². The molecule has 2 saturated carbocycles. The summed E-state index contributed by atoms with van der Waals surface area (Å²) in [7, 11) is 3.27. The third-order valence-corrected chi connectivity index (χ3v) is 15.7. The van der Waals surface area contributed by atoms with Gasteiger partial charge in [-0.25, -0.2) is 8.78 Å². The predicted molar refractivity (Wildman–Crippen MR) is 303 cm³/mol. The van der Waals surface area contributed by atoms with Gasteiger partial charge in [-0.15, -0.1) is 0 Å². The van der Waals surface area contributed by atoms with Gasteiger partial charge >= 0.3 is 0 Å². The average Bonchev–Trinajstić information content (AvgIpc) is 4.57. The number of nitrogens with one attached hydrogen (secondary N) is 1. The number of carbonyl (C=O) groups is 4. The van der Waals surface area contributed by atoms with Gasteiger partial charge in [0.05, 0.1) is 46.2 Å². The van der Waals surface area contributed by atoms with Crippen LogP contribution in [-0.4, -0.2) is 73.5 Å². The molecule has 2 saturated heterocycles. The first-order valence-corrected chi connectivity index (χ1v) is 27.3. The van der Waals surface area contributed by atoms with Gasteiger partial charge in [-0.05, 0) is 163 Å². The zero-order valence-corrected chi connectivity index (χ0v) is 45.6. The first kappa shape index (κ1) is 54.5. The van der Waals surface area contributed by atoms with Crippen molar-refractivity contribution in [3.8, 4) is 34.5 Å². The zero-order valence-electron chi connectivity index (χ0n) is 44.0. The molecule has 8 aromatic rings. The Morgan fingerprint density at radius 2 is 0.886 bits per heavy atom. The summed E-state index contributed by atoms with van der Waals surface area (Å²) in [6.07, 6.45) is 8.89. The highest BCUT2D eigenvalue weighted by molar-refractivity contribution is 9.10. The quantitative estimate of drug-likeness (QED) is 0.0769. The number of pyridine rings is 2. The topological polar surface area (TPSA) is 146 Å². The number of nitrogens with zero attached hydrogens (tertiary/aromatic N) is 3. The molecule has 2 aliphatic heterocycles. The van der Waals surface area contributed by atoms with Gasteiger partial charge in [0.2, 0.25) is 0 Å². The number of rotatable bonds is 19. The SMILES string of the molecule is C1CNC1.COc1cc2nccc(Oc3ccc(CC(=O)C4(C(=O)Cc5ccc(F)cc5)CC4)cc3)c2cc1Br.COc1cc2nccc(Oc3ccc(CC(=O)C4(C(=O)Cc5ccc(F)cc5)CC4)cc3)c2cc1N1CCC1. The lowest BCUT2D eigenvalue weighted by Crippen LogP contribution is -2.37. The molecule has 4 fully saturated rings. The molecule has 4 aliphatic rings. The molecular weight excluding hydrogens is 1070 g/mol. The zero-order chi connectivity index (χ0) is 55.1. The van der Waals surface area contributed by atoms with E-state index in [-0.39, 0.29) is 60.5 Å². The van der Waals surface area contributed by atoms with Gasteiger partial charge in [-0.3, -0.25) is 29.1 Å². The van der Waals surface area contributed by atoms with E-state index in [4.69, 9.17) is 18.9 Å². The van der Waals surface area contributed by atoms with Crippen LogP contribution in [-0.2, 0) is 44.9 Å². The van der Waals surface area contributed by atoms with Crippen molar-refractivity contribution in [2.45, 2.75) is 64.2 Å². The first-order chi connectivity index (χ1) is 38.3. The number of benzene rings is 6. The van der Waals surface area contributed by atoms with Crippen LogP contribution in [0.15, 0.2) is 150 Å². The molecule has 0 radical (unpaired) electrons. The molecule has 404 valence electrons. The number of anilines is 1. The van der Waals surface area contributed by atoms with Crippen LogP contribution in [0.3, 0.4) is 0 Å². The molecule has 0 bridgehead atoms. The van der Waals surface area contributed by atoms with Crippen molar-refractivity contribution in [3.05, 3.63) is 184 Å². The smallest absolute Gasteiger partial charge is 0.150 e. The summed E-state index contributed by atoms with van der Waals surface area (Å²) in [6, 6.07) is 37.8. The van der Waals surface area contributed by atoms with E-state index in [0.29, 0.717) is 54.4 Å². The minimum Gasteiger partial charge on any atom is -0.495 e. The number of methoxy groups -OCH3 is 2. The molecule has 1 N–H and O–H groups in total. The Balaban J connectivity index is 0.000000167. The maximum atomic E-state index is 13.2. The second-order valence-corrected chi connectivity index (χ2v) is 21.3. The number of fused-ring (bicyclic) bond motifs is 2. The summed E-state index contributed by atoms with van der Waals surface area (Å²) >= 11 is 3.50. The van der Waals surface area contributed by atoms with Crippen molar-refractivity contribution < 1.29 is 46.9 Å². The van der Waals surface area contributed by atoms with Gasteiger partial charge in [0.25, 0.3) is 0 Å². The lowest BCUT2D eigenvalue weighted by molar-refractivity contribution is -0.135. The lowest BCUT2D eigenvalue weighted by Gasteiger charge is -2.34. The summed E-state index contributed by atoms with van der Waals surface area (Å²) in [5.74, 6) is 3.10. The molecule has 12 rings (SSSR count). The van der Waals surface area contributed by atoms with Crippen LogP contribution in [0, 0.1) is 22.5 Å². The number of halogens is 3. The number of aromatic nitrogens is 2. The van der Waals surface area contributed by atoms with E-state index in [1.807, 2.05) is 72.8 Å². The van der Waals surface area contributed by atoms with Crippen LogP contribution in [0.25, 0.3) is 21.8 Å². The van der Waals surface area contributed by atoms with Gasteiger partial charge in [-0.1, -0.05) is 48.5 Å². The van der Waals surface area contributed by atoms with Crippen LogP contribution < -0.4 is 29.2 Å². The molecule has 12 nitrogen and oxygen atoms in total. The number of hydrogen-bond acceptors (Lipinski definition) is 12. The van der Waals surface area contributed by atoms with Crippen molar-refractivity contribution in [2.24, 2.45) is 10.8 Å². The fourth-order valence-electron chi connectivity index (χ4n) is 9.64. The monoisotopic (exact) mass is 1130 g/mol. The number of ether oxygens (including phenoxy) is 4. The van der Waals surface area contributed by atoms with Gasteiger partial charge in [0, 0.05) is 74.1 Å². The van der Waals surface area contributed by atoms with Crippen molar-refractivity contribution in [1.29, 1.82) is 0 Å². The fraction of sp³-hybridized carbons (Fsp3) is 0.281. The molecule has 6 aromatic carbocycles. The van der Waals surface area contributed by atoms with E-state index in [1.165, 1.54) is 43.8 Å². The Morgan fingerprint density at radius 3 is 1.23 bits per heavy atom. The highest BCUT2D eigenvalue weighted by atomic mass is 79.9. The summed E-state index contributed by atoms with van der Waals surface area (Å²) in [4.78, 5) is 63.2. The number of carbonyl (C=O) groups excluding carboxylic acids is 4. The van der Waals surface area contributed by atoms with E-state index in [2.05, 4.69) is 42.2 Å². The Morgan fingerprint density at radius 1 is 0.519 bits per heavy atom. The molecule has 0 atom stereocenters. The number of ketones is 4. The Bertz CT molecular complexity index is 3520. The Labute approximate surface area is 465 Å². The summed E-state index contributed by atoms with van der Waals surface area (Å²) in [5.41, 5.74) is 3.84. The molecule has 15 heteroatoms. The second-order valence-electron chi connectivity index (χ2n) is 20.4. The van der Waals surface area contributed by atoms with E-state index in [0.717, 1.165) is 79.5 Å².